The molecule has 0 aromatic rings. The summed E-state index contributed by atoms with van der Waals surface area (Å²) in [5.74, 6) is -5.16. The second-order valence-corrected chi connectivity index (χ2v) is 7.78. The van der Waals surface area contributed by atoms with Crippen molar-refractivity contribution in [3.63, 3.8) is 0 Å². The van der Waals surface area contributed by atoms with Crippen LogP contribution in [0.5, 0.6) is 0 Å². The molecule has 0 saturated carbocycles. The minimum Gasteiger partial charge on any atom is -0.480 e. The van der Waals surface area contributed by atoms with Gasteiger partial charge in [0.25, 0.3) is 0 Å². The van der Waals surface area contributed by atoms with E-state index >= 15 is 0 Å². The molecule has 0 rings (SSSR count). The predicted molar refractivity (Wildman–Crippen MR) is 113 cm³/mol. The van der Waals surface area contributed by atoms with Crippen molar-refractivity contribution in [2.75, 3.05) is 0 Å². The molecule has 0 radical (unpaired) electrons. The summed E-state index contributed by atoms with van der Waals surface area (Å²) in [6.45, 7) is 5.78. The topological polar surface area (TPSA) is 234 Å². The van der Waals surface area contributed by atoms with Gasteiger partial charge in [0.1, 0.15) is 18.1 Å². The average molecular weight is 462 g/mol. The van der Waals surface area contributed by atoms with Crippen LogP contribution in [0.1, 0.15) is 47.0 Å². The number of nitrogens with two attached hydrogens (primary N) is 2. The summed E-state index contributed by atoms with van der Waals surface area (Å²) < 4.78 is 0. The zero-order chi connectivity index (χ0) is 25.2. The summed E-state index contributed by atoms with van der Waals surface area (Å²) in [4.78, 5) is 59.6. The van der Waals surface area contributed by atoms with E-state index in [0.717, 1.165) is 0 Å². The summed E-state index contributed by atoms with van der Waals surface area (Å²) in [6.07, 6.45) is -2.62. The maximum absolute atomic E-state index is 12.6. The maximum Gasteiger partial charge on any atom is 0.326 e. The zero-order valence-corrected chi connectivity index (χ0v) is 18.7. The molecular weight excluding hydrogens is 426 g/mol. The van der Waals surface area contributed by atoms with Gasteiger partial charge in [-0.3, -0.25) is 19.2 Å². The Bertz CT molecular complexity index is 685. The molecule has 0 saturated heterocycles. The highest BCUT2D eigenvalue weighted by Gasteiger charge is 2.35. The second kappa shape index (κ2) is 13.6. The first-order chi connectivity index (χ1) is 14.7. The number of carbonyl (C=O) groups excluding carboxylic acids is 4. The number of aliphatic hydroxyl groups excluding tert-OH is 2. The number of rotatable bonds is 14. The Morgan fingerprint density at radius 1 is 0.812 bits per heavy atom. The molecule has 0 aromatic carbocycles. The van der Waals surface area contributed by atoms with Crippen LogP contribution in [0.4, 0.5) is 0 Å². The fraction of sp³-hybridized carbons (Fsp3) is 0.737. The Morgan fingerprint density at radius 2 is 1.22 bits per heavy atom. The van der Waals surface area contributed by atoms with Crippen molar-refractivity contribution in [2.24, 2.45) is 17.4 Å². The van der Waals surface area contributed by atoms with Crippen molar-refractivity contribution < 1.29 is 39.3 Å². The van der Waals surface area contributed by atoms with Crippen molar-refractivity contribution in [1.29, 1.82) is 0 Å². The molecule has 13 heteroatoms. The monoisotopic (exact) mass is 461 g/mol. The van der Waals surface area contributed by atoms with Gasteiger partial charge in [0, 0.05) is 6.42 Å². The Balaban J connectivity index is 5.36. The predicted octanol–water partition coefficient (Wildman–Crippen LogP) is -3.07. The van der Waals surface area contributed by atoms with Crippen LogP contribution in [0.3, 0.4) is 0 Å². The number of hydrogen-bond acceptors (Lipinski definition) is 8. The van der Waals surface area contributed by atoms with Crippen LogP contribution in [0.25, 0.3) is 0 Å². The van der Waals surface area contributed by atoms with E-state index in [0.29, 0.717) is 6.42 Å². The van der Waals surface area contributed by atoms with Gasteiger partial charge in [-0.1, -0.05) is 20.3 Å². The van der Waals surface area contributed by atoms with E-state index in [-0.39, 0.29) is 12.8 Å². The van der Waals surface area contributed by atoms with Crippen LogP contribution >= 0.6 is 0 Å². The normalized spacial score (nSPS) is 17.6. The third-order valence-electron chi connectivity index (χ3n) is 4.94. The number of aliphatic hydroxyl groups is 2. The molecule has 0 aliphatic heterocycles. The van der Waals surface area contributed by atoms with Crippen molar-refractivity contribution in [3.8, 4) is 0 Å². The molecule has 0 bridgehead atoms. The van der Waals surface area contributed by atoms with Gasteiger partial charge >= 0.3 is 5.97 Å². The fourth-order valence-electron chi connectivity index (χ4n) is 2.67. The van der Waals surface area contributed by atoms with E-state index in [1.807, 2.05) is 0 Å². The summed E-state index contributed by atoms with van der Waals surface area (Å²) >= 11 is 0. The summed E-state index contributed by atoms with van der Waals surface area (Å²) in [5.41, 5.74) is 10.6. The van der Waals surface area contributed by atoms with Gasteiger partial charge in [-0.05, 0) is 26.2 Å². The smallest absolute Gasteiger partial charge is 0.326 e. The van der Waals surface area contributed by atoms with Crippen LogP contribution < -0.4 is 27.4 Å². The number of carboxylic acids is 1. The van der Waals surface area contributed by atoms with Crippen molar-refractivity contribution in [3.05, 3.63) is 0 Å². The maximum atomic E-state index is 12.6. The molecule has 32 heavy (non-hydrogen) atoms. The van der Waals surface area contributed by atoms with Crippen LogP contribution in [-0.2, 0) is 24.0 Å². The van der Waals surface area contributed by atoms with Gasteiger partial charge in [0.05, 0.1) is 18.2 Å². The van der Waals surface area contributed by atoms with Crippen LogP contribution in [0.15, 0.2) is 0 Å². The Hall–Kier alpha value is -2.77. The molecule has 184 valence electrons. The van der Waals surface area contributed by atoms with Gasteiger partial charge in [-0.2, -0.15) is 0 Å². The largest absolute Gasteiger partial charge is 0.480 e. The lowest BCUT2D eigenvalue weighted by Crippen LogP contribution is -2.62. The quantitative estimate of drug-likeness (QED) is 0.131. The second-order valence-electron chi connectivity index (χ2n) is 7.78. The fourth-order valence-corrected chi connectivity index (χ4v) is 2.67. The minimum atomic E-state index is -1.56. The summed E-state index contributed by atoms with van der Waals surface area (Å²) in [6, 6.07) is -5.53. The summed E-state index contributed by atoms with van der Waals surface area (Å²) in [7, 11) is 0. The Morgan fingerprint density at radius 3 is 1.56 bits per heavy atom. The first-order valence-corrected chi connectivity index (χ1v) is 10.3. The number of carboxylic acid groups (broad SMARTS) is 1. The van der Waals surface area contributed by atoms with Gasteiger partial charge in [-0.15, -0.1) is 0 Å². The summed E-state index contributed by atoms with van der Waals surface area (Å²) in [5, 5.41) is 35.9. The number of aliphatic carboxylic acids is 1. The molecule has 0 aliphatic rings. The molecule has 7 unspecified atom stereocenters. The molecule has 13 nitrogen and oxygen atoms in total. The molecule has 0 heterocycles. The van der Waals surface area contributed by atoms with E-state index in [4.69, 9.17) is 11.5 Å². The number of carbonyl (C=O) groups is 5. The first kappa shape index (κ1) is 29.2. The zero-order valence-electron chi connectivity index (χ0n) is 18.7. The molecule has 0 aliphatic carbocycles. The third-order valence-corrected chi connectivity index (χ3v) is 4.94. The van der Waals surface area contributed by atoms with E-state index in [1.54, 1.807) is 13.8 Å². The Kier molecular flexibility index (Phi) is 12.4. The lowest BCUT2D eigenvalue weighted by Gasteiger charge is -2.28. The third kappa shape index (κ3) is 9.58. The highest BCUT2D eigenvalue weighted by molar-refractivity contribution is 5.94. The van der Waals surface area contributed by atoms with Gasteiger partial charge in [0.15, 0.2) is 0 Å². The van der Waals surface area contributed by atoms with Crippen LogP contribution in [-0.4, -0.2) is 81.3 Å². The molecule has 0 aromatic heterocycles. The molecule has 7 atom stereocenters. The van der Waals surface area contributed by atoms with E-state index in [2.05, 4.69) is 16.0 Å². The van der Waals surface area contributed by atoms with E-state index in [1.165, 1.54) is 13.8 Å². The minimum absolute atomic E-state index is 0.0831. The average Bonchev–Trinajstić information content (AvgIpc) is 2.70. The Labute approximate surface area is 186 Å². The van der Waals surface area contributed by atoms with Crippen molar-refractivity contribution >= 4 is 29.6 Å². The SMILES string of the molecule is CCC(C)C(NC(=O)C(NC(=O)C(NC(=O)C(N)CCC(N)=O)C(C)O)C(C)O)C(=O)O. The molecule has 0 fully saturated rings. The lowest BCUT2D eigenvalue weighted by atomic mass is 9.98. The number of amides is 4. The molecule has 4 amide bonds. The number of hydrogen-bond donors (Lipinski definition) is 8. The first-order valence-electron chi connectivity index (χ1n) is 10.3. The van der Waals surface area contributed by atoms with Gasteiger partial charge in [0.2, 0.25) is 23.6 Å². The highest BCUT2D eigenvalue weighted by Crippen LogP contribution is 2.09. The van der Waals surface area contributed by atoms with Crippen LogP contribution in [0, 0.1) is 5.92 Å². The van der Waals surface area contributed by atoms with Crippen LogP contribution in [0.2, 0.25) is 0 Å². The van der Waals surface area contributed by atoms with Gasteiger partial charge in [-0.25, -0.2) is 4.79 Å². The molecule has 10 N–H and O–H groups in total. The van der Waals surface area contributed by atoms with Crippen molar-refractivity contribution in [1.82, 2.24) is 16.0 Å². The van der Waals surface area contributed by atoms with Crippen molar-refractivity contribution in [2.45, 2.75) is 83.3 Å². The van der Waals surface area contributed by atoms with E-state index in [9.17, 15) is 39.3 Å². The molecule has 0 spiro atoms. The van der Waals surface area contributed by atoms with Gasteiger partial charge < -0.3 is 42.7 Å². The standard InChI is InChI=1S/C19H35N5O8/c1-5-8(2)13(19(31)32)22-17(29)15(10(4)26)24-18(30)14(9(3)25)23-16(28)11(20)6-7-12(21)27/h8-11,13-15,25-26H,5-7,20H2,1-4H3,(H2,21,27)(H,22,29)(H,23,28)(H,24,30)(H,31,32). The highest BCUT2D eigenvalue weighted by atomic mass is 16.4. The molecular formula is C19H35N5O8. The van der Waals surface area contributed by atoms with E-state index < -0.39 is 71.9 Å². The lowest BCUT2D eigenvalue weighted by molar-refractivity contribution is -0.144. The number of primary amides is 1. The number of nitrogens with one attached hydrogen (secondary N) is 3.